The lowest BCUT2D eigenvalue weighted by molar-refractivity contribution is -0.113. The smallest absolute Gasteiger partial charge is 0.268 e. The highest BCUT2D eigenvalue weighted by Gasteiger charge is 2.33. The van der Waals surface area contributed by atoms with E-state index in [2.05, 4.69) is 26.0 Å². The Morgan fingerprint density at radius 1 is 1.09 bits per heavy atom. The number of para-hydroxylation sites is 1. The zero-order valence-corrected chi connectivity index (χ0v) is 14.0. The van der Waals surface area contributed by atoms with E-state index in [0.29, 0.717) is 9.23 Å². The Labute approximate surface area is 139 Å². The molecule has 0 aromatic heterocycles. The Kier molecular flexibility index (Phi) is 4.14. The van der Waals surface area contributed by atoms with Gasteiger partial charge in [0.05, 0.1) is 10.6 Å². The van der Waals surface area contributed by atoms with E-state index >= 15 is 0 Å². The highest BCUT2D eigenvalue weighted by Crippen LogP contribution is 2.36. The van der Waals surface area contributed by atoms with Gasteiger partial charge in [-0.3, -0.25) is 9.69 Å². The number of aryl methyl sites for hydroxylation is 2. The molecule has 1 saturated heterocycles. The Bertz CT molecular complexity index is 781. The van der Waals surface area contributed by atoms with Gasteiger partial charge in [-0.2, -0.15) is 0 Å². The van der Waals surface area contributed by atoms with Crippen molar-refractivity contribution in [2.24, 2.45) is 0 Å². The number of thiocarbonyl (C=S) groups is 1. The van der Waals surface area contributed by atoms with Crippen LogP contribution < -0.4 is 4.90 Å². The van der Waals surface area contributed by atoms with Gasteiger partial charge in [0.25, 0.3) is 5.91 Å². The van der Waals surface area contributed by atoms with Crippen molar-refractivity contribution in [2.45, 2.75) is 13.8 Å². The number of nitrogens with zero attached hydrogens (tertiary/aromatic N) is 1. The molecule has 2 aromatic rings. The molecule has 0 spiro atoms. The monoisotopic (exact) mass is 325 g/mol. The Balaban J connectivity index is 1.96. The van der Waals surface area contributed by atoms with E-state index in [4.69, 9.17) is 12.2 Å². The number of thioether (sulfide) groups is 1. The lowest BCUT2D eigenvalue weighted by Crippen LogP contribution is -2.27. The first-order valence-corrected chi connectivity index (χ1v) is 8.19. The topological polar surface area (TPSA) is 20.3 Å². The molecule has 0 N–H and O–H groups in total. The maximum Gasteiger partial charge on any atom is 0.270 e. The van der Waals surface area contributed by atoms with Crippen LogP contribution in [-0.2, 0) is 4.79 Å². The van der Waals surface area contributed by atoms with Gasteiger partial charge < -0.3 is 0 Å². The van der Waals surface area contributed by atoms with Crippen molar-refractivity contribution < 1.29 is 4.79 Å². The minimum Gasteiger partial charge on any atom is -0.268 e. The zero-order chi connectivity index (χ0) is 15.7. The summed E-state index contributed by atoms with van der Waals surface area (Å²) < 4.78 is 0.576. The third-order valence-electron chi connectivity index (χ3n) is 3.52. The molecule has 110 valence electrons. The second-order valence-corrected chi connectivity index (χ2v) is 6.89. The SMILES string of the molecule is Cc1ccc(/C=C2/SC(=S)N(c3ccccc3)C2=O)c(C)c1. The Morgan fingerprint density at radius 3 is 2.50 bits per heavy atom. The number of rotatable bonds is 2. The van der Waals surface area contributed by atoms with E-state index < -0.39 is 0 Å². The summed E-state index contributed by atoms with van der Waals surface area (Å²) in [5.74, 6) is -0.0545. The van der Waals surface area contributed by atoms with Gasteiger partial charge in [0.2, 0.25) is 0 Å². The van der Waals surface area contributed by atoms with Crippen molar-refractivity contribution in [3.63, 3.8) is 0 Å². The minimum atomic E-state index is -0.0545. The number of amides is 1. The molecule has 1 amide bonds. The van der Waals surface area contributed by atoms with Crippen LogP contribution >= 0.6 is 24.0 Å². The zero-order valence-electron chi connectivity index (χ0n) is 12.4. The molecule has 1 aliphatic rings. The number of benzene rings is 2. The molecule has 4 heteroatoms. The average molecular weight is 325 g/mol. The molecule has 1 aliphatic heterocycles. The van der Waals surface area contributed by atoms with E-state index in [1.807, 2.05) is 42.5 Å². The molecule has 0 unspecified atom stereocenters. The number of hydrogen-bond donors (Lipinski definition) is 0. The fourth-order valence-electron chi connectivity index (χ4n) is 2.40. The van der Waals surface area contributed by atoms with Crippen LogP contribution in [0.25, 0.3) is 6.08 Å². The van der Waals surface area contributed by atoms with Gasteiger partial charge in [-0.1, -0.05) is 65.9 Å². The average Bonchev–Trinajstić information content (AvgIpc) is 2.77. The van der Waals surface area contributed by atoms with Gasteiger partial charge in [-0.15, -0.1) is 0 Å². The van der Waals surface area contributed by atoms with Gasteiger partial charge in [0, 0.05) is 0 Å². The van der Waals surface area contributed by atoms with Crippen molar-refractivity contribution in [3.8, 4) is 0 Å². The molecule has 1 fully saturated rings. The molecule has 0 radical (unpaired) electrons. The van der Waals surface area contributed by atoms with Crippen molar-refractivity contribution in [3.05, 3.63) is 70.1 Å². The third kappa shape index (κ3) is 2.85. The van der Waals surface area contributed by atoms with Crippen LogP contribution in [0, 0.1) is 13.8 Å². The minimum absolute atomic E-state index is 0.0545. The summed E-state index contributed by atoms with van der Waals surface area (Å²) in [5, 5.41) is 0. The van der Waals surface area contributed by atoms with Crippen molar-refractivity contribution >= 4 is 46.0 Å². The van der Waals surface area contributed by atoms with Gasteiger partial charge in [-0.25, -0.2) is 0 Å². The Hall–Kier alpha value is -1.91. The van der Waals surface area contributed by atoms with Gasteiger partial charge in [-0.05, 0) is 43.2 Å². The highest BCUT2D eigenvalue weighted by molar-refractivity contribution is 8.27. The molecular weight excluding hydrogens is 310 g/mol. The van der Waals surface area contributed by atoms with E-state index in [-0.39, 0.29) is 5.91 Å². The number of hydrogen-bond acceptors (Lipinski definition) is 3. The normalized spacial score (nSPS) is 16.6. The lowest BCUT2D eigenvalue weighted by atomic mass is 10.1. The summed E-state index contributed by atoms with van der Waals surface area (Å²) in [6.45, 7) is 4.11. The summed E-state index contributed by atoms with van der Waals surface area (Å²) >= 11 is 6.73. The molecule has 0 aliphatic carbocycles. The first-order valence-electron chi connectivity index (χ1n) is 6.96. The van der Waals surface area contributed by atoms with Crippen molar-refractivity contribution in [1.29, 1.82) is 0 Å². The van der Waals surface area contributed by atoms with E-state index in [1.54, 1.807) is 4.90 Å². The number of carbonyl (C=O) groups is 1. The molecule has 2 aromatic carbocycles. The molecular formula is C18H15NOS2. The van der Waals surface area contributed by atoms with Crippen LogP contribution in [0.3, 0.4) is 0 Å². The largest absolute Gasteiger partial charge is 0.270 e. The third-order valence-corrected chi connectivity index (χ3v) is 4.82. The summed E-state index contributed by atoms with van der Waals surface area (Å²) in [4.78, 5) is 14.9. The first kappa shape index (κ1) is 15.0. The maximum atomic E-state index is 12.6. The molecule has 1 heterocycles. The molecule has 0 saturated carbocycles. The predicted octanol–water partition coefficient (Wildman–Crippen LogP) is 4.71. The van der Waals surface area contributed by atoms with Crippen LogP contribution in [0.15, 0.2) is 53.4 Å². The molecule has 22 heavy (non-hydrogen) atoms. The van der Waals surface area contributed by atoms with Crippen LogP contribution in [0.5, 0.6) is 0 Å². The van der Waals surface area contributed by atoms with E-state index in [0.717, 1.165) is 16.8 Å². The predicted molar refractivity (Wildman–Crippen MR) is 98.0 cm³/mol. The van der Waals surface area contributed by atoms with Gasteiger partial charge in [0.1, 0.15) is 0 Å². The van der Waals surface area contributed by atoms with Crippen LogP contribution in [0.2, 0.25) is 0 Å². The van der Waals surface area contributed by atoms with E-state index in [1.165, 1.54) is 17.3 Å². The van der Waals surface area contributed by atoms with Crippen molar-refractivity contribution in [1.82, 2.24) is 0 Å². The quantitative estimate of drug-likeness (QED) is 0.589. The Morgan fingerprint density at radius 2 is 1.82 bits per heavy atom. The van der Waals surface area contributed by atoms with Crippen molar-refractivity contribution in [2.75, 3.05) is 4.90 Å². The van der Waals surface area contributed by atoms with Crippen LogP contribution in [0.1, 0.15) is 16.7 Å². The fraction of sp³-hybridized carbons (Fsp3) is 0.111. The second kappa shape index (κ2) is 6.07. The van der Waals surface area contributed by atoms with Gasteiger partial charge >= 0.3 is 0 Å². The summed E-state index contributed by atoms with van der Waals surface area (Å²) in [5.41, 5.74) is 4.24. The van der Waals surface area contributed by atoms with Crippen LogP contribution in [-0.4, -0.2) is 10.2 Å². The maximum absolute atomic E-state index is 12.6. The molecule has 0 atom stereocenters. The lowest BCUT2D eigenvalue weighted by Gasteiger charge is -2.13. The van der Waals surface area contributed by atoms with Crippen LogP contribution in [0.4, 0.5) is 5.69 Å². The standard InChI is InChI=1S/C18H15NOS2/c1-12-8-9-14(13(2)10-12)11-16-17(20)19(18(21)22-16)15-6-4-3-5-7-15/h3-11H,1-2H3/b16-11+. The fourth-order valence-corrected chi connectivity index (χ4v) is 3.69. The highest BCUT2D eigenvalue weighted by atomic mass is 32.2. The molecule has 0 bridgehead atoms. The summed E-state index contributed by atoms with van der Waals surface area (Å²) in [6.07, 6.45) is 1.93. The summed E-state index contributed by atoms with van der Waals surface area (Å²) in [6, 6.07) is 15.7. The first-order chi connectivity index (χ1) is 10.6. The van der Waals surface area contributed by atoms with Gasteiger partial charge in [0.15, 0.2) is 4.32 Å². The molecule has 2 nitrogen and oxygen atoms in total. The number of anilines is 1. The molecule has 3 rings (SSSR count). The van der Waals surface area contributed by atoms with E-state index in [9.17, 15) is 4.79 Å². The number of carbonyl (C=O) groups excluding carboxylic acids is 1. The summed E-state index contributed by atoms with van der Waals surface area (Å²) in [7, 11) is 0. The second-order valence-electron chi connectivity index (χ2n) is 5.21.